The minimum atomic E-state index is -0.333. The lowest BCUT2D eigenvalue weighted by atomic mass is 10.1. The van der Waals surface area contributed by atoms with E-state index in [1.807, 2.05) is 23.7 Å². The summed E-state index contributed by atoms with van der Waals surface area (Å²) in [6.07, 6.45) is 0.956. The number of unbranched alkanes of at least 4 members (excludes halogenated alkanes) is 1. The summed E-state index contributed by atoms with van der Waals surface area (Å²) in [4.78, 5) is 13.7. The van der Waals surface area contributed by atoms with E-state index in [0.717, 1.165) is 15.9 Å². The molecule has 128 valence electrons. The topological polar surface area (TPSA) is 67.9 Å². The third-order valence-electron chi connectivity index (χ3n) is 3.93. The molecule has 6 heteroatoms. The maximum Gasteiger partial charge on any atom is 0.348 e. The first-order chi connectivity index (χ1) is 12.1. The van der Waals surface area contributed by atoms with E-state index in [1.54, 1.807) is 0 Å². The number of nitrogens with zero attached hydrogens (tertiary/aromatic N) is 3. The fourth-order valence-corrected chi connectivity index (χ4v) is 3.63. The van der Waals surface area contributed by atoms with Crippen molar-refractivity contribution in [3.8, 4) is 6.07 Å². The Morgan fingerprint density at radius 1 is 1.32 bits per heavy atom. The van der Waals surface area contributed by atoms with Crippen LogP contribution in [0.1, 0.15) is 39.3 Å². The molecule has 0 aliphatic heterocycles. The molecular formula is C19H19N3O2S. The third kappa shape index (κ3) is 3.89. The van der Waals surface area contributed by atoms with Crippen molar-refractivity contribution in [3.05, 3.63) is 52.0 Å². The quantitative estimate of drug-likeness (QED) is 0.491. The molecule has 0 saturated carbocycles. The van der Waals surface area contributed by atoms with Crippen LogP contribution in [0.25, 0.3) is 10.2 Å². The second-order valence-electron chi connectivity index (χ2n) is 5.96. The number of benzene rings is 1. The van der Waals surface area contributed by atoms with Crippen LogP contribution in [0.15, 0.2) is 30.3 Å². The highest BCUT2D eigenvalue weighted by atomic mass is 32.1. The Kier molecular flexibility index (Phi) is 5.15. The Morgan fingerprint density at radius 3 is 2.80 bits per heavy atom. The van der Waals surface area contributed by atoms with Gasteiger partial charge in [-0.25, -0.2) is 4.79 Å². The van der Waals surface area contributed by atoms with Gasteiger partial charge in [0.05, 0.1) is 24.9 Å². The van der Waals surface area contributed by atoms with Gasteiger partial charge in [-0.05, 0) is 31.9 Å². The first-order valence-electron chi connectivity index (χ1n) is 8.15. The second kappa shape index (κ2) is 7.49. The van der Waals surface area contributed by atoms with Crippen LogP contribution in [0.2, 0.25) is 0 Å². The standard InChI is InChI=1S/C19H19N3O2S/c1-13-5-7-15(8-6-13)12-22-18-16(14(2)21-22)11-17(25-18)19(23)24-10-4-3-9-20/h5-8,11H,3-4,10,12H2,1-2H3. The van der Waals surface area contributed by atoms with Crippen LogP contribution in [0.3, 0.4) is 0 Å². The number of esters is 1. The van der Waals surface area contributed by atoms with Crippen LogP contribution in [0.4, 0.5) is 0 Å². The number of hydrogen-bond acceptors (Lipinski definition) is 5. The fourth-order valence-electron chi connectivity index (χ4n) is 2.57. The van der Waals surface area contributed by atoms with Crippen LogP contribution in [0.5, 0.6) is 0 Å². The number of thiophene rings is 1. The van der Waals surface area contributed by atoms with Crippen molar-refractivity contribution in [3.63, 3.8) is 0 Å². The monoisotopic (exact) mass is 353 g/mol. The molecule has 0 saturated heterocycles. The highest BCUT2D eigenvalue weighted by Crippen LogP contribution is 2.29. The van der Waals surface area contributed by atoms with Gasteiger partial charge in [-0.1, -0.05) is 29.8 Å². The molecule has 2 aromatic heterocycles. The summed E-state index contributed by atoms with van der Waals surface area (Å²) in [5, 5.41) is 14.1. The molecule has 0 atom stereocenters. The summed E-state index contributed by atoms with van der Waals surface area (Å²) in [5.41, 5.74) is 3.30. The Morgan fingerprint density at radius 2 is 2.08 bits per heavy atom. The van der Waals surface area contributed by atoms with Gasteiger partial charge in [0.2, 0.25) is 0 Å². The van der Waals surface area contributed by atoms with E-state index in [1.165, 1.54) is 22.5 Å². The van der Waals surface area contributed by atoms with E-state index in [9.17, 15) is 4.79 Å². The van der Waals surface area contributed by atoms with Crippen LogP contribution in [0, 0.1) is 25.2 Å². The number of aromatic nitrogens is 2. The number of nitriles is 1. The van der Waals surface area contributed by atoms with E-state index in [2.05, 4.69) is 36.3 Å². The van der Waals surface area contributed by atoms with Crippen molar-refractivity contribution in [2.24, 2.45) is 0 Å². The number of carbonyl (C=O) groups excluding carboxylic acids is 1. The molecule has 0 fully saturated rings. The zero-order valence-corrected chi connectivity index (χ0v) is 15.1. The molecule has 1 aromatic carbocycles. The van der Waals surface area contributed by atoms with Crippen molar-refractivity contribution < 1.29 is 9.53 Å². The number of hydrogen-bond donors (Lipinski definition) is 0. The normalized spacial score (nSPS) is 10.8. The molecule has 3 rings (SSSR count). The first kappa shape index (κ1) is 17.2. The van der Waals surface area contributed by atoms with Gasteiger partial charge in [-0.3, -0.25) is 4.68 Å². The molecule has 25 heavy (non-hydrogen) atoms. The van der Waals surface area contributed by atoms with Gasteiger partial charge in [0.1, 0.15) is 9.71 Å². The van der Waals surface area contributed by atoms with Crippen LogP contribution < -0.4 is 0 Å². The van der Waals surface area contributed by atoms with Crippen molar-refractivity contribution in [1.29, 1.82) is 5.26 Å². The SMILES string of the molecule is Cc1ccc(Cn2nc(C)c3cc(C(=O)OCCCC#N)sc32)cc1. The average molecular weight is 353 g/mol. The van der Waals surface area contributed by atoms with Gasteiger partial charge < -0.3 is 4.74 Å². The molecule has 5 nitrogen and oxygen atoms in total. The molecule has 0 aliphatic rings. The summed E-state index contributed by atoms with van der Waals surface area (Å²) < 4.78 is 7.17. The van der Waals surface area contributed by atoms with Gasteiger partial charge in [0.25, 0.3) is 0 Å². The number of ether oxygens (including phenoxy) is 1. The molecule has 0 bridgehead atoms. The predicted octanol–water partition coefficient (Wildman–Crippen LogP) is 4.22. The number of rotatable bonds is 6. The highest BCUT2D eigenvalue weighted by molar-refractivity contribution is 7.20. The largest absolute Gasteiger partial charge is 0.461 e. The van der Waals surface area contributed by atoms with Crippen molar-refractivity contribution >= 4 is 27.5 Å². The zero-order valence-electron chi connectivity index (χ0n) is 14.3. The van der Waals surface area contributed by atoms with Gasteiger partial charge in [-0.2, -0.15) is 10.4 Å². The number of aryl methyl sites for hydroxylation is 2. The van der Waals surface area contributed by atoms with E-state index in [-0.39, 0.29) is 12.6 Å². The second-order valence-corrected chi connectivity index (χ2v) is 6.99. The van der Waals surface area contributed by atoms with Crippen molar-refractivity contribution in [2.45, 2.75) is 33.2 Å². The van der Waals surface area contributed by atoms with E-state index in [0.29, 0.717) is 24.3 Å². The summed E-state index contributed by atoms with van der Waals surface area (Å²) in [5.74, 6) is -0.333. The van der Waals surface area contributed by atoms with Gasteiger partial charge >= 0.3 is 5.97 Å². The van der Waals surface area contributed by atoms with Gasteiger partial charge in [0, 0.05) is 11.8 Å². The van der Waals surface area contributed by atoms with Crippen LogP contribution >= 0.6 is 11.3 Å². The van der Waals surface area contributed by atoms with Crippen molar-refractivity contribution in [1.82, 2.24) is 9.78 Å². The number of fused-ring (bicyclic) bond motifs is 1. The molecule has 3 aromatic rings. The van der Waals surface area contributed by atoms with Crippen LogP contribution in [-0.2, 0) is 11.3 Å². The molecule has 0 unspecified atom stereocenters. The van der Waals surface area contributed by atoms with E-state index in [4.69, 9.17) is 10.00 Å². The van der Waals surface area contributed by atoms with Gasteiger partial charge in [0.15, 0.2) is 0 Å². The summed E-state index contributed by atoms with van der Waals surface area (Å²) in [7, 11) is 0. The lowest BCUT2D eigenvalue weighted by Crippen LogP contribution is -2.04. The minimum absolute atomic E-state index is 0.273. The average Bonchev–Trinajstić information content (AvgIpc) is 3.15. The molecular weight excluding hydrogens is 334 g/mol. The maximum atomic E-state index is 12.2. The maximum absolute atomic E-state index is 12.2. The molecule has 0 aliphatic carbocycles. The third-order valence-corrected chi connectivity index (χ3v) is 5.06. The van der Waals surface area contributed by atoms with E-state index >= 15 is 0 Å². The first-order valence-corrected chi connectivity index (χ1v) is 8.96. The molecule has 2 heterocycles. The highest BCUT2D eigenvalue weighted by Gasteiger charge is 2.17. The lowest BCUT2D eigenvalue weighted by Gasteiger charge is -2.03. The van der Waals surface area contributed by atoms with Gasteiger partial charge in [-0.15, -0.1) is 11.3 Å². The summed E-state index contributed by atoms with van der Waals surface area (Å²) in [6.45, 7) is 4.95. The lowest BCUT2D eigenvalue weighted by molar-refractivity contribution is 0.0507. The Balaban J connectivity index is 1.79. The Hall–Kier alpha value is -2.65. The predicted molar refractivity (Wildman–Crippen MR) is 97.8 cm³/mol. The Bertz CT molecular complexity index is 932. The summed E-state index contributed by atoms with van der Waals surface area (Å²) >= 11 is 1.40. The zero-order chi connectivity index (χ0) is 17.8. The molecule has 0 spiro atoms. The summed E-state index contributed by atoms with van der Waals surface area (Å²) in [6, 6.07) is 12.2. The Labute approximate surface area is 150 Å². The van der Waals surface area contributed by atoms with E-state index < -0.39 is 0 Å². The fraction of sp³-hybridized carbons (Fsp3) is 0.316. The number of carbonyl (C=O) groups is 1. The van der Waals surface area contributed by atoms with Crippen LogP contribution in [-0.4, -0.2) is 22.4 Å². The molecule has 0 amide bonds. The minimum Gasteiger partial charge on any atom is -0.461 e. The van der Waals surface area contributed by atoms with Crippen molar-refractivity contribution in [2.75, 3.05) is 6.61 Å². The molecule has 0 radical (unpaired) electrons. The molecule has 0 N–H and O–H groups in total. The smallest absolute Gasteiger partial charge is 0.348 e.